The number of hydrogen-bond acceptors (Lipinski definition) is 7. The van der Waals surface area contributed by atoms with Crippen LogP contribution in [0.25, 0.3) is 11.3 Å². The van der Waals surface area contributed by atoms with Gasteiger partial charge < -0.3 is 13.7 Å². The van der Waals surface area contributed by atoms with Gasteiger partial charge in [-0.1, -0.05) is 11.8 Å². The molecule has 0 radical (unpaired) electrons. The van der Waals surface area contributed by atoms with Crippen LogP contribution in [0.3, 0.4) is 0 Å². The highest BCUT2D eigenvalue weighted by Gasteiger charge is 2.22. The van der Waals surface area contributed by atoms with Crippen molar-refractivity contribution in [1.29, 1.82) is 0 Å². The molecule has 0 N–H and O–H groups in total. The van der Waals surface area contributed by atoms with Crippen molar-refractivity contribution in [2.75, 3.05) is 6.54 Å². The number of rotatable bonds is 6. The summed E-state index contributed by atoms with van der Waals surface area (Å²) in [5.41, 5.74) is 0.755. The van der Waals surface area contributed by atoms with E-state index in [1.54, 1.807) is 23.2 Å². The summed E-state index contributed by atoms with van der Waals surface area (Å²) >= 11 is 1.30. The summed E-state index contributed by atoms with van der Waals surface area (Å²) in [5, 5.41) is 8.34. The van der Waals surface area contributed by atoms with Crippen molar-refractivity contribution in [2.45, 2.75) is 30.4 Å². The number of nitrogens with zero attached hydrogens (tertiary/aromatic N) is 4. The topological polar surface area (TPSA) is 85.3 Å². The molecule has 0 saturated carbocycles. The second-order valence-electron chi connectivity index (χ2n) is 5.79. The van der Waals surface area contributed by atoms with Crippen molar-refractivity contribution in [3.8, 4) is 11.3 Å². The molecule has 1 aromatic carbocycles. The molecule has 0 aliphatic carbocycles. The molecule has 9 heteroatoms. The smallest absolute Gasteiger partial charge is 0.277 e. The van der Waals surface area contributed by atoms with Crippen LogP contribution in [0.5, 0.6) is 0 Å². The third kappa shape index (κ3) is 3.77. The Morgan fingerprint density at radius 1 is 1.15 bits per heavy atom. The molecule has 0 unspecified atom stereocenters. The largest absolute Gasteiger partial charge is 0.440 e. The maximum atomic E-state index is 13.0. The zero-order valence-corrected chi connectivity index (χ0v) is 14.5. The Labute approximate surface area is 152 Å². The zero-order valence-electron chi connectivity index (χ0n) is 13.7. The molecule has 0 bridgehead atoms. The normalized spacial score (nSPS) is 14.3. The second kappa shape index (κ2) is 7.28. The van der Waals surface area contributed by atoms with E-state index in [4.69, 9.17) is 8.83 Å². The van der Waals surface area contributed by atoms with E-state index in [1.165, 1.54) is 23.9 Å². The first kappa shape index (κ1) is 16.8. The van der Waals surface area contributed by atoms with Gasteiger partial charge in [0.15, 0.2) is 5.76 Å². The van der Waals surface area contributed by atoms with Gasteiger partial charge in [-0.2, -0.15) is 0 Å². The number of likely N-dealkylation sites (tertiary alicyclic amines) is 1. The van der Waals surface area contributed by atoms with Crippen molar-refractivity contribution < 1.29 is 18.0 Å². The lowest BCUT2D eigenvalue weighted by atomic mass is 10.2. The first-order valence-electron chi connectivity index (χ1n) is 8.11. The van der Waals surface area contributed by atoms with Crippen LogP contribution in [0, 0.1) is 5.82 Å². The van der Waals surface area contributed by atoms with Crippen LogP contribution < -0.4 is 0 Å². The molecule has 1 fully saturated rings. The predicted molar refractivity (Wildman–Crippen MR) is 90.4 cm³/mol. The number of carbonyl (C=O) groups is 1. The van der Waals surface area contributed by atoms with Gasteiger partial charge in [0, 0.05) is 18.5 Å². The van der Waals surface area contributed by atoms with E-state index >= 15 is 0 Å². The highest BCUT2D eigenvalue weighted by molar-refractivity contribution is 7.98. The van der Waals surface area contributed by atoms with Gasteiger partial charge in [0.25, 0.3) is 5.22 Å². The molecule has 0 spiro atoms. The number of halogens is 1. The van der Waals surface area contributed by atoms with E-state index in [0.717, 1.165) is 18.5 Å². The van der Waals surface area contributed by atoms with Gasteiger partial charge in [-0.25, -0.2) is 9.37 Å². The molecule has 1 amide bonds. The molecular weight excluding hydrogens is 359 g/mol. The van der Waals surface area contributed by atoms with Crippen molar-refractivity contribution in [3.05, 3.63) is 48.1 Å². The van der Waals surface area contributed by atoms with Crippen molar-refractivity contribution in [3.63, 3.8) is 0 Å². The van der Waals surface area contributed by atoms with Gasteiger partial charge in [0.1, 0.15) is 5.82 Å². The van der Waals surface area contributed by atoms with Gasteiger partial charge in [-0.05, 0) is 30.7 Å². The predicted octanol–water partition coefficient (Wildman–Crippen LogP) is 3.28. The standard InChI is InChI=1S/C17H15FN4O3S/c18-12-5-3-11(4-6-12)13-8-19-15(24-13)10-26-17-21-20-14(25-17)9-22-7-1-2-16(22)23/h3-6,8H,1-2,7,9-10H2. The molecule has 3 heterocycles. The van der Waals surface area contributed by atoms with Crippen molar-refractivity contribution in [2.24, 2.45) is 0 Å². The Bertz CT molecular complexity index is 909. The number of benzene rings is 1. The Balaban J connectivity index is 1.34. The zero-order chi connectivity index (χ0) is 17.9. The van der Waals surface area contributed by atoms with E-state index in [2.05, 4.69) is 15.2 Å². The molecule has 3 aromatic rings. The van der Waals surface area contributed by atoms with Crippen molar-refractivity contribution in [1.82, 2.24) is 20.1 Å². The van der Waals surface area contributed by atoms with Crippen LogP contribution in [0.4, 0.5) is 4.39 Å². The fourth-order valence-electron chi connectivity index (χ4n) is 2.64. The van der Waals surface area contributed by atoms with E-state index in [9.17, 15) is 9.18 Å². The molecule has 4 rings (SSSR count). The molecule has 1 saturated heterocycles. The fraction of sp³-hybridized carbons (Fsp3) is 0.294. The molecule has 0 atom stereocenters. The monoisotopic (exact) mass is 374 g/mol. The molecule has 134 valence electrons. The highest BCUT2D eigenvalue weighted by atomic mass is 32.2. The first-order valence-corrected chi connectivity index (χ1v) is 9.09. The summed E-state index contributed by atoms with van der Waals surface area (Å²) in [6.07, 6.45) is 3.05. The summed E-state index contributed by atoms with van der Waals surface area (Å²) in [6, 6.07) is 6.02. The number of aromatic nitrogens is 3. The highest BCUT2D eigenvalue weighted by Crippen LogP contribution is 2.26. The molecule has 1 aliphatic rings. The van der Waals surface area contributed by atoms with Crippen LogP contribution in [-0.4, -0.2) is 32.5 Å². The minimum atomic E-state index is -0.299. The summed E-state index contributed by atoms with van der Waals surface area (Å²) in [5.74, 6) is 1.73. The minimum absolute atomic E-state index is 0.116. The molecule has 2 aromatic heterocycles. The lowest BCUT2D eigenvalue weighted by Crippen LogP contribution is -2.23. The Kier molecular flexibility index (Phi) is 4.70. The van der Waals surface area contributed by atoms with E-state index in [1.807, 2.05) is 0 Å². The Morgan fingerprint density at radius 3 is 2.77 bits per heavy atom. The molecule has 26 heavy (non-hydrogen) atoms. The summed E-state index contributed by atoms with van der Waals surface area (Å²) in [7, 11) is 0. The van der Waals surface area contributed by atoms with Crippen LogP contribution in [0.2, 0.25) is 0 Å². The number of carbonyl (C=O) groups excluding carboxylic acids is 1. The maximum Gasteiger partial charge on any atom is 0.277 e. The van der Waals surface area contributed by atoms with Gasteiger partial charge in [-0.3, -0.25) is 4.79 Å². The van der Waals surface area contributed by atoms with E-state index in [0.29, 0.717) is 41.5 Å². The van der Waals surface area contributed by atoms with Crippen molar-refractivity contribution >= 4 is 17.7 Å². The van der Waals surface area contributed by atoms with Crippen LogP contribution in [-0.2, 0) is 17.1 Å². The third-order valence-electron chi connectivity index (χ3n) is 3.95. The van der Waals surface area contributed by atoms with Gasteiger partial charge in [-0.15, -0.1) is 10.2 Å². The van der Waals surface area contributed by atoms with E-state index in [-0.39, 0.29) is 11.7 Å². The Hall–Kier alpha value is -2.68. The minimum Gasteiger partial charge on any atom is -0.440 e. The average Bonchev–Trinajstić information content (AvgIpc) is 3.37. The summed E-state index contributed by atoms with van der Waals surface area (Å²) in [6.45, 7) is 1.08. The Morgan fingerprint density at radius 2 is 2.00 bits per heavy atom. The summed E-state index contributed by atoms with van der Waals surface area (Å²) < 4.78 is 24.2. The summed E-state index contributed by atoms with van der Waals surface area (Å²) in [4.78, 5) is 17.5. The molecular formula is C17H15FN4O3S. The van der Waals surface area contributed by atoms with E-state index < -0.39 is 0 Å². The number of hydrogen-bond donors (Lipinski definition) is 0. The molecule has 1 aliphatic heterocycles. The first-order chi connectivity index (χ1) is 12.7. The second-order valence-corrected chi connectivity index (χ2v) is 6.72. The van der Waals surface area contributed by atoms with Crippen LogP contribution >= 0.6 is 11.8 Å². The van der Waals surface area contributed by atoms with Gasteiger partial charge >= 0.3 is 0 Å². The number of amides is 1. The van der Waals surface area contributed by atoms with Gasteiger partial charge in [0.05, 0.1) is 18.5 Å². The quantitative estimate of drug-likeness (QED) is 0.612. The SMILES string of the molecule is O=C1CCCN1Cc1nnc(SCc2ncc(-c3ccc(F)cc3)o2)o1. The van der Waals surface area contributed by atoms with Gasteiger partial charge in [0.2, 0.25) is 17.7 Å². The van der Waals surface area contributed by atoms with Crippen LogP contribution in [0.1, 0.15) is 24.6 Å². The fourth-order valence-corrected chi connectivity index (χ4v) is 3.28. The number of thioether (sulfide) groups is 1. The lowest BCUT2D eigenvalue weighted by Gasteiger charge is -2.11. The third-order valence-corrected chi connectivity index (χ3v) is 4.75. The molecule has 7 nitrogen and oxygen atoms in total. The average molecular weight is 374 g/mol. The number of oxazole rings is 1. The van der Waals surface area contributed by atoms with Crippen LogP contribution in [0.15, 0.2) is 44.5 Å². The lowest BCUT2D eigenvalue weighted by molar-refractivity contribution is -0.128. The maximum absolute atomic E-state index is 13.0.